The van der Waals surface area contributed by atoms with Crippen LogP contribution in [0.2, 0.25) is 0 Å². The minimum Gasteiger partial charge on any atom is -0.352 e. The molecule has 1 aromatic heterocycles. The Balaban J connectivity index is 2.85. The lowest BCUT2D eigenvalue weighted by molar-refractivity contribution is -0.124. The van der Waals surface area contributed by atoms with Gasteiger partial charge in [-0.25, -0.2) is 4.98 Å². The third-order valence-corrected chi connectivity index (χ3v) is 2.74. The molecule has 0 aliphatic heterocycles. The Morgan fingerprint density at radius 1 is 1.53 bits per heavy atom. The molecule has 1 heterocycles. The van der Waals surface area contributed by atoms with Crippen molar-refractivity contribution in [1.82, 2.24) is 14.9 Å². The van der Waals surface area contributed by atoms with Gasteiger partial charge in [0.15, 0.2) is 0 Å². The lowest BCUT2D eigenvalue weighted by Crippen LogP contribution is -2.36. The number of nitrogens with two attached hydrogens (primary N) is 1. The largest absolute Gasteiger partial charge is 0.352 e. The monoisotopic (exact) mass is 238 g/mol. The van der Waals surface area contributed by atoms with Gasteiger partial charge in [0.05, 0.1) is 12.0 Å². The van der Waals surface area contributed by atoms with Gasteiger partial charge in [-0.15, -0.1) is 0 Å². The number of amides is 1. The van der Waals surface area contributed by atoms with Gasteiger partial charge in [-0.05, 0) is 27.2 Å². The first-order valence-corrected chi connectivity index (χ1v) is 6.05. The summed E-state index contributed by atoms with van der Waals surface area (Å²) >= 11 is 0. The Morgan fingerprint density at radius 3 is 2.71 bits per heavy atom. The predicted molar refractivity (Wildman–Crippen MR) is 67.4 cm³/mol. The Morgan fingerprint density at radius 2 is 2.18 bits per heavy atom. The van der Waals surface area contributed by atoms with Crippen molar-refractivity contribution in [2.45, 2.75) is 52.2 Å². The van der Waals surface area contributed by atoms with Gasteiger partial charge in [0.25, 0.3) is 0 Å². The van der Waals surface area contributed by atoms with Crippen molar-refractivity contribution in [3.05, 3.63) is 18.2 Å². The van der Waals surface area contributed by atoms with Crippen molar-refractivity contribution >= 4 is 5.91 Å². The number of imidazole rings is 1. The van der Waals surface area contributed by atoms with Crippen LogP contribution in [0.1, 0.15) is 51.9 Å². The van der Waals surface area contributed by atoms with Gasteiger partial charge in [0.2, 0.25) is 5.91 Å². The summed E-state index contributed by atoms with van der Waals surface area (Å²) in [6.45, 7) is 7.75. The Hall–Kier alpha value is -1.36. The van der Waals surface area contributed by atoms with Crippen LogP contribution in [0.3, 0.4) is 0 Å². The van der Waals surface area contributed by atoms with Crippen molar-refractivity contribution in [1.29, 1.82) is 0 Å². The number of aromatic nitrogens is 2. The maximum atomic E-state index is 11.9. The molecule has 96 valence electrons. The van der Waals surface area contributed by atoms with E-state index in [-0.39, 0.29) is 24.0 Å². The summed E-state index contributed by atoms with van der Waals surface area (Å²) < 4.78 is 1.84. The molecule has 0 fully saturated rings. The highest BCUT2D eigenvalue weighted by molar-refractivity contribution is 5.80. The zero-order valence-electron chi connectivity index (χ0n) is 11.0. The molecule has 0 saturated carbocycles. The number of carbonyl (C=O) groups is 1. The molecule has 0 saturated heterocycles. The van der Waals surface area contributed by atoms with Crippen LogP contribution in [0.5, 0.6) is 0 Å². The molecular formula is C12H22N4O. The van der Waals surface area contributed by atoms with Gasteiger partial charge in [0.1, 0.15) is 6.04 Å². The van der Waals surface area contributed by atoms with Gasteiger partial charge in [0, 0.05) is 18.3 Å². The van der Waals surface area contributed by atoms with Crippen LogP contribution in [0.25, 0.3) is 0 Å². The normalized spacial score (nSPS) is 14.7. The zero-order chi connectivity index (χ0) is 13.0. The third kappa shape index (κ3) is 3.30. The fourth-order valence-corrected chi connectivity index (χ4v) is 1.67. The molecule has 0 spiro atoms. The van der Waals surface area contributed by atoms with Crippen LogP contribution >= 0.6 is 0 Å². The van der Waals surface area contributed by atoms with E-state index in [4.69, 9.17) is 5.73 Å². The van der Waals surface area contributed by atoms with E-state index in [0.717, 1.165) is 12.1 Å². The van der Waals surface area contributed by atoms with Crippen LogP contribution in [0, 0.1) is 0 Å². The molecule has 5 heteroatoms. The van der Waals surface area contributed by atoms with E-state index in [1.807, 2.05) is 32.3 Å². The molecule has 0 bridgehead atoms. The van der Waals surface area contributed by atoms with Gasteiger partial charge < -0.3 is 15.6 Å². The summed E-state index contributed by atoms with van der Waals surface area (Å²) in [6.07, 6.45) is 4.22. The molecule has 3 N–H and O–H groups in total. The van der Waals surface area contributed by atoms with Gasteiger partial charge in [-0.2, -0.15) is 0 Å². The van der Waals surface area contributed by atoms with E-state index >= 15 is 0 Å². The summed E-state index contributed by atoms with van der Waals surface area (Å²) in [5.74, 6) is -0.0115. The van der Waals surface area contributed by atoms with Gasteiger partial charge >= 0.3 is 0 Å². The van der Waals surface area contributed by atoms with Gasteiger partial charge in [-0.3, -0.25) is 4.79 Å². The Labute approximate surface area is 102 Å². The molecule has 1 amide bonds. The van der Waals surface area contributed by atoms with Gasteiger partial charge in [-0.1, -0.05) is 6.92 Å². The molecule has 1 rings (SSSR count). The first-order chi connectivity index (χ1) is 7.97. The fourth-order valence-electron chi connectivity index (χ4n) is 1.67. The second kappa shape index (κ2) is 5.82. The highest BCUT2D eigenvalue weighted by Crippen LogP contribution is 2.17. The standard InChI is InChI=1S/C12H22N4O/c1-5-10(13)11-6-14-7-16(11)9(4)12(17)15-8(2)3/h6-10H,5,13H2,1-4H3,(H,15,17)/t9?,10-/m1/s1. The van der Waals surface area contributed by atoms with E-state index in [1.165, 1.54) is 0 Å². The van der Waals surface area contributed by atoms with E-state index in [9.17, 15) is 4.79 Å². The van der Waals surface area contributed by atoms with E-state index in [1.54, 1.807) is 12.5 Å². The van der Waals surface area contributed by atoms with E-state index in [0.29, 0.717) is 0 Å². The number of nitrogens with one attached hydrogen (secondary N) is 1. The molecule has 2 atom stereocenters. The number of carbonyl (C=O) groups excluding carboxylic acids is 1. The molecule has 0 aromatic carbocycles. The summed E-state index contributed by atoms with van der Waals surface area (Å²) in [7, 11) is 0. The van der Waals surface area contributed by atoms with Crippen molar-refractivity contribution in [3.8, 4) is 0 Å². The first-order valence-electron chi connectivity index (χ1n) is 6.05. The first kappa shape index (κ1) is 13.7. The highest BCUT2D eigenvalue weighted by Gasteiger charge is 2.20. The lowest BCUT2D eigenvalue weighted by atomic mass is 10.1. The molecule has 5 nitrogen and oxygen atoms in total. The second-order valence-electron chi connectivity index (χ2n) is 4.58. The van der Waals surface area contributed by atoms with Crippen molar-refractivity contribution in [3.63, 3.8) is 0 Å². The Bertz CT molecular complexity index is 372. The molecule has 0 aliphatic rings. The molecule has 1 unspecified atom stereocenters. The van der Waals surface area contributed by atoms with Crippen LogP contribution in [0.4, 0.5) is 0 Å². The minimum atomic E-state index is -0.285. The predicted octanol–water partition coefficient (Wildman–Crippen LogP) is 1.38. The highest BCUT2D eigenvalue weighted by atomic mass is 16.2. The lowest BCUT2D eigenvalue weighted by Gasteiger charge is -2.20. The number of hydrogen-bond donors (Lipinski definition) is 2. The van der Waals surface area contributed by atoms with Crippen LogP contribution in [0.15, 0.2) is 12.5 Å². The summed E-state index contributed by atoms with van der Waals surface area (Å²) in [4.78, 5) is 16.0. The smallest absolute Gasteiger partial charge is 0.243 e. The summed E-state index contributed by atoms with van der Waals surface area (Å²) in [6, 6.07) is -0.226. The molecule has 0 aliphatic carbocycles. The number of nitrogens with zero attached hydrogens (tertiary/aromatic N) is 2. The number of rotatable bonds is 5. The van der Waals surface area contributed by atoms with Crippen LogP contribution in [-0.4, -0.2) is 21.5 Å². The molecule has 1 aromatic rings. The average Bonchev–Trinajstić information content (AvgIpc) is 2.74. The Kier molecular flexibility index (Phi) is 4.69. The fraction of sp³-hybridized carbons (Fsp3) is 0.667. The molecule has 0 radical (unpaired) electrons. The molecular weight excluding hydrogens is 216 g/mol. The third-order valence-electron chi connectivity index (χ3n) is 2.74. The van der Waals surface area contributed by atoms with Crippen LogP contribution < -0.4 is 11.1 Å². The second-order valence-corrected chi connectivity index (χ2v) is 4.58. The summed E-state index contributed by atoms with van der Waals surface area (Å²) in [5, 5.41) is 2.89. The SMILES string of the molecule is CC[C@@H](N)c1cncn1C(C)C(=O)NC(C)C. The molecule has 17 heavy (non-hydrogen) atoms. The minimum absolute atomic E-state index is 0.0115. The van der Waals surface area contributed by atoms with Crippen molar-refractivity contribution in [2.24, 2.45) is 5.73 Å². The maximum Gasteiger partial charge on any atom is 0.243 e. The topological polar surface area (TPSA) is 72.9 Å². The number of hydrogen-bond acceptors (Lipinski definition) is 3. The van der Waals surface area contributed by atoms with E-state index < -0.39 is 0 Å². The van der Waals surface area contributed by atoms with Crippen LogP contribution in [-0.2, 0) is 4.79 Å². The summed E-state index contributed by atoms with van der Waals surface area (Å²) in [5.41, 5.74) is 6.89. The van der Waals surface area contributed by atoms with E-state index in [2.05, 4.69) is 10.3 Å². The van der Waals surface area contributed by atoms with Crippen molar-refractivity contribution < 1.29 is 4.79 Å². The van der Waals surface area contributed by atoms with Crippen molar-refractivity contribution in [2.75, 3.05) is 0 Å². The zero-order valence-corrected chi connectivity index (χ0v) is 11.0. The maximum absolute atomic E-state index is 11.9. The quantitative estimate of drug-likeness (QED) is 0.814. The average molecular weight is 238 g/mol.